The predicted molar refractivity (Wildman–Crippen MR) is 223 cm³/mol. The Morgan fingerprint density at radius 2 is 1.56 bits per heavy atom. The van der Waals surface area contributed by atoms with E-state index in [1.165, 1.54) is 0 Å². The summed E-state index contributed by atoms with van der Waals surface area (Å²) >= 11 is 0. The number of hydrogen-bond acceptors (Lipinski definition) is 14. The summed E-state index contributed by atoms with van der Waals surface area (Å²) in [7, 11) is 3.22. The van der Waals surface area contributed by atoms with Crippen molar-refractivity contribution in [2.75, 3.05) is 20.8 Å². The summed E-state index contributed by atoms with van der Waals surface area (Å²) in [6, 6.07) is 0. The molecule has 7 aliphatic rings. The zero-order valence-electron chi connectivity index (χ0n) is 37.5. The number of hydrogen-bond donors (Lipinski definition) is 3. The van der Waals surface area contributed by atoms with Crippen molar-refractivity contribution < 1.29 is 67.5 Å². The van der Waals surface area contributed by atoms with Crippen LogP contribution in [0.3, 0.4) is 0 Å². The van der Waals surface area contributed by atoms with E-state index in [1.807, 2.05) is 32.1 Å². The van der Waals surface area contributed by atoms with Crippen LogP contribution >= 0.6 is 0 Å². The monoisotopic (exact) mass is 858 g/mol. The molecule has 0 aromatic heterocycles. The summed E-state index contributed by atoms with van der Waals surface area (Å²) in [5.74, 6) is -2.62. The van der Waals surface area contributed by atoms with E-state index in [9.17, 15) is 20.1 Å². The second kappa shape index (κ2) is 19.0. The van der Waals surface area contributed by atoms with Gasteiger partial charge < -0.3 is 62.7 Å². The van der Waals surface area contributed by atoms with Crippen LogP contribution in [0.5, 0.6) is 0 Å². The van der Waals surface area contributed by atoms with Crippen LogP contribution in [-0.4, -0.2) is 139 Å². The van der Waals surface area contributed by atoms with Gasteiger partial charge in [-0.2, -0.15) is 0 Å². The van der Waals surface area contributed by atoms with Crippen molar-refractivity contribution in [2.45, 2.75) is 185 Å². The van der Waals surface area contributed by atoms with Crippen molar-refractivity contribution in [1.82, 2.24) is 0 Å². The van der Waals surface area contributed by atoms with Gasteiger partial charge in [0, 0.05) is 51.7 Å². The predicted octanol–water partition coefficient (Wildman–Crippen LogP) is 4.99. The highest BCUT2D eigenvalue weighted by Gasteiger charge is 2.60. The van der Waals surface area contributed by atoms with Crippen LogP contribution in [0.15, 0.2) is 59.3 Å². The highest BCUT2D eigenvalue weighted by atomic mass is 16.7. The SMILES string of the molecule is CO[C@H]1CC(O[C@@H]2[C@H](C)OC(O[C@@H]3/C(C)=C/C[C@@H]4CC(CC5(C=CC(C)[C@H](C(C)C)O5)O4)OC(=O)C4C=C(C)C(O)[C@H]5OC/C(=C\C=C\C3C)[C@]45O)C[C@@H]2OC)O[C@@H](C)[C@H]1O. The molecule has 1 spiro atoms. The van der Waals surface area contributed by atoms with Gasteiger partial charge in [0.2, 0.25) is 0 Å². The van der Waals surface area contributed by atoms with Crippen molar-refractivity contribution in [3.63, 3.8) is 0 Å². The van der Waals surface area contributed by atoms with Gasteiger partial charge in [0.15, 0.2) is 18.4 Å². The second-order valence-corrected chi connectivity index (χ2v) is 18.8. The number of esters is 1. The maximum absolute atomic E-state index is 14.3. The summed E-state index contributed by atoms with van der Waals surface area (Å²) in [4.78, 5) is 14.3. The fraction of sp³-hybridized carbons (Fsp3) is 0.766. The number of carbonyl (C=O) groups is 1. The molecule has 6 heterocycles. The van der Waals surface area contributed by atoms with E-state index < -0.39 is 90.8 Å². The van der Waals surface area contributed by atoms with Crippen LogP contribution in [-0.2, 0) is 52.2 Å². The molecule has 0 saturated carbocycles. The van der Waals surface area contributed by atoms with Crippen LogP contribution in [0.1, 0.15) is 87.5 Å². The molecule has 0 aromatic rings. The molecule has 342 valence electrons. The van der Waals surface area contributed by atoms with Crippen LogP contribution in [0.25, 0.3) is 0 Å². The molecule has 14 nitrogen and oxygen atoms in total. The molecular weight excluding hydrogens is 789 g/mol. The molecule has 0 radical (unpaired) electrons. The lowest BCUT2D eigenvalue weighted by Crippen LogP contribution is -2.58. The molecule has 2 bridgehead atoms. The molecule has 14 heteroatoms. The molecule has 19 atom stereocenters. The first-order valence-electron chi connectivity index (χ1n) is 22.3. The van der Waals surface area contributed by atoms with Gasteiger partial charge in [0.05, 0.1) is 49.3 Å². The normalized spacial score (nSPS) is 49.3. The summed E-state index contributed by atoms with van der Waals surface area (Å²) in [6.07, 6.45) is 7.54. The summed E-state index contributed by atoms with van der Waals surface area (Å²) < 4.78 is 63.5. The van der Waals surface area contributed by atoms with Crippen molar-refractivity contribution in [1.29, 1.82) is 0 Å². The topological polar surface area (TPSA) is 170 Å². The first-order chi connectivity index (χ1) is 29.0. The minimum absolute atomic E-state index is 0.0313. The third-order valence-corrected chi connectivity index (χ3v) is 14.0. The first kappa shape index (κ1) is 46.7. The third-order valence-electron chi connectivity index (χ3n) is 14.0. The van der Waals surface area contributed by atoms with E-state index in [4.69, 9.17) is 47.4 Å². The van der Waals surface area contributed by atoms with Crippen molar-refractivity contribution in [3.8, 4) is 0 Å². The Labute approximate surface area is 361 Å². The Morgan fingerprint density at radius 1 is 0.852 bits per heavy atom. The summed E-state index contributed by atoms with van der Waals surface area (Å²) in [5, 5.41) is 34.2. The van der Waals surface area contributed by atoms with E-state index in [0.29, 0.717) is 43.3 Å². The number of aliphatic hydroxyl groups is 3. The van der Waals surface area contributed by atoms with Crippen molar-refractivity contribution in [3.05, 3.63) is 59.3 Å². The Morgan fingerprint density at radius 3 is 2.28 bits per heavy atom. The van der Waals surface area contributed by atoms with Gasteiger partial charge in [-0.05, 0) is 62.8 Å². The smallest absolute Gasteiger partial charge is 0.316 e. The Bertz CT molecular complexity index is 1710. The first-order valence-corrected chi connectivity index (χ1v) is 22.3. The molecule has 0 amide bonds. The minimum atomic E-state index is -1.83. The quantitative estimate of drug-likeness (QED) is 0.231. The molecule has 4 saturated heterocycles. The fourth-order valence-electron chi connectivity index (χ4n) is 10.4. The van der Waals surface area contributed by atoms with E-state index in [2.05, 4.69) is 39.8 Å². The number of methoxy groups -OCH3 is 2. The zero-order valence-corrected chi connectivity index (χ0v) is 37.5. The molecule has 7 rings (SSSR count). The Balaban J connectivity index is 1.18. The molecule has 0 aromatic carbocycles. The summed E-state index contributed by atoms with van der Waals surface area (Å²) in [5.41, 5.74) is 0.129. The van der Waals surface area contributed by atoms with Crippen LogP contribution in [0.2, 0.25) is 0 Å². The molecular formula is C47H70O14. The van der Waals surface area contributed by atoms with E-state index in [-0.39, 0.29) is 42.7 Å². The lowest BCUT2D eigenvalue weighted by Gasteiger charge is -2.48. The number of aliphatic hydroxyl groups excluding tert-OH is 2. The molecule has 6 aliphatic heterocycles. The highest BCUT2D eigenvalue weighted by molar-refractivity contribution is 5.78. The van der Waals surface area contributed by atoms with Gasteiger partial charge in [-0.25, -0.2) is 0 Å². The lowest BCUT2D eigenvalue weighted by molar-refractivity contribution is -0.318. The third kappa shape index (κ3) is 9.58. The fourth-order valence-corrected chi connectivity index (χ4v) is 10.4. The number of carbonyl (C=O) groups excluding carboxylic acids is 1. The molecule has 61 heavy (non-hydrogen) atoms. The van der Waals surface area contributed by atoms with Gasteiger partial charge >= 0.3 is 5.97 Å². The number of fused-ring (bicyclic) bond motifs is 2. The van der Waals surface area contributed by atoms with Gasteiger partial charge in [0.1, 0.15) is 42.0 Å². The van der Waals surface area contributed by atoms with Gasteiger partial charge in [0.25, 0.3) is 0 Å². The minimum Gasteiger partial charge on any atom is -0.462 e. The van der Waals surface area contributed by atoms with Crippen LogP contribution < -0.4 is 0 Å². The van der Waals surface area contributed by atoms with Crippen molar-refractivity contribution in [2.24, 2.45) is 23.7 Å². The Kier molecular flexibility index (Phi) is 14.6. The molecule has 1 aliphatic carbocycles. The van der Waals surface area contributed by atoms with Gasteiger partial charge in [-0.15, -0.1) is 0 Å². The molecule has 4 fully saturated rings. The average molecular weight is 859 g/mol. The molecule has 8 unspecified atom stereocenters. The number of rotatable bonds is 7. The Hall–Kier alpha value is -2.31. The standard InChI is InChI=1S/C47H70O14/c1-24(2)41-27(5)16-17-46(61-41)22-33-19-32(60-46)15-14-26(4)42(25(3)12-11-13-31-23-54-44-39(48)28(6)18-34(45(50)57-33)47(31,44)51)58-38-21-36(53-10)43(30(8)56-38)59-37-20-35(52-9)40(49)29(7)55-37/h11-14,16-18,24-25,27,29-30,32-44,48-49,51H,15,19-23H2,1-10H3/b12-11+,26-14+,31-13+/t25?,27?,29-,30-,32+,33?,34?,35-,36-,37?,38?,39?,40+,41-,42-,43+,44+,46?,47-/m0/s1. The molecule has 3 N–H and O–H groups in total. The number of allylic oxidation sites excluding steroid dienone is 2. The van der Waals surface area contributed by atoms with E-state index in [0.717, 1.165) is 5.57 Å². The lowest BCUT2D eigenvalue weighted by atomic mass is 9.71. The maximum Gasteiger partial charge on any atom is 0.316 e. The number of ether oxygens (including phenoxy) is 10. The van der Waals surface area contributed by atoms with Crippen LogP contribution in [0, 0.1) is 23.7 Å². The van der Waals surface area contributed by atoms with E-state index >= 15 is 0 Å². The largest absolute Gasteiger partial charge is 0.462 e. The van der Waals surface area contributed by atoms with E-state index in [1.54, 1.807) is 40.2 Å². The average Bonchev–Trinajstić information content (AvgIpc) is 3.56. The highest BCUT2D eigenvalue weighted by Crippen LogP contribution is 2.47. The van der Waals surface area contributed by atoms with Gasteiger partial charge in [-0.3, -0.25) is 4.79 Å². The van der Waals surface area contributed by atoms with Gasteiger partial charge in [-0.1, -0.05) is 64.2 Å². The second-order valence-electron chi connectivity index (χ2n) is 18.8. The van der Waals surface area contributed by atoms with Crippen LogP contribution in [0.4, 0.5) is 0 Å². The maximum atomic E-state index is 14.3. The van der Waals surface area contributed by atoms with Crippen molar-refractivity contribution >= 4 is 5.97 Å². The zero-order chi connectivity index (χ0) is 44.0. The summed E-state index contributed by atoms with van der Waals surface area (Å²) in [6.45, 7) is 16.0.